The van der Waals surface area contributed by atoms with Gasteiger partial charge in [-0.1, -0.05) is 6.07 Å². The van der Waals surface area contributed by atoms with Gasteiger partial charge in [0.25, 0.3) is 0 Å². The van der Waals surface area contributed by atoms with Crippen molar-refractivity contribution < 1.29 is 19.4 Å². The lowest BCUT2D eigenvalue weighted by Gasteiger charge is -2.18. The Bertz CT molecular complexity index is 452. The standard InChI is InChI=1S/C12H16N2O4/c1-12(2,13)11(17)14-8-4-3-5-9(6-8)18-7-10(15)16/h3-6H,7,13H2,1-2H3,(H,14,17)(H,15,16). The van der Waals surface area contributed by atoms with Crippen molar-refractivity contribution in [3.8, 4) is 5.75 Å². The molecule has 0 aliphatic carbocycles. The van der Waals surface area contributed by atoms with Gasteiger partial charge < -0.3 is 20.9 Å². The first kappa shape index (κ1) is 14.0. The average Bonchev–Trinajstić information content (AvgIpc) is 2.25. The zero-order valence-corrected chi connectivity index (χ0v) is 10.3. The Balaban J connectivity index is 2.70. The molecule has 18 heavy (non-hydrogen) atoms. The van der Waals surface area contributed by atoms with E-state index in [2.05, 4.69) is 5.32 Å². The molecule has 0 fully saturated rings. The summed E-state index contributed by atoms with van der Waals surface area (Å²) in [5.41, 5.74) is 5.16. The molecule has 0 aromatic heterocycles. The van der Waals surface area contributed by atoms with E-state index >= 15 is 0 Å². The molecular weight excluding hydrogens is 236 g/mol. The lowest BCUT2D eigenvalue weighted by molar-refractivity contribution is -0.139. The van der Waals surface area contributed by atoms with Crippen molar-refractivity contribution in [1.82, 2.24) is 0 Å². The zero-order valence-electron chi connectivity index (χ0n) is 10.3. The van der Waals surface area contributed by atoms with Crippen LogP contribution in [0.4, 0.5) is 5.69 Å². The number of nitrogens with two attached hydrogens (primary N) is 1. The van der Waals surface area contributed by atoms with Crippen molar-refractivity contribution in [2.24, 2.45) is 5.73 Å². The summed E-state index contributed by atoms with van der Waals surface area (Å²) in [4.78, 5) is 22.0. The number of benzene rings is 1. The van der Waals surface area contributed by atoms with Crippen LogP contribution in [0.3, 0.4) is 0 Å². The summed E-state index contributed by atoms with van der Waals surface area (Å²) in [6.45, 7) is 2.75. The smallest absolute Gasteiger partial charge is 0.341 e. The van der Waals surface area contributed by atoms with Crippen LogP contribution in [0.2, 0.25) is 0 Å². The van der Waals surface area contributed by atoms with Gasteiger partial charge >= 0.3 is 5.97 Å². The summed E-state index contributed by atoms with van der Waals surface area (Å²) in [5, 5.41) is 11.1. The van der Waals surface area contributed by atoms with Gasteiger partial charge in [-0.2, -0.15) is 0 Å². The molecular formula is C12H16N2O4. The highest BCUT2D eigenvalue weighted by Crippen LogP contribution is 2.18. The van der Waals surface area contributed by atoms with E-state index in [4.69, 9.17) is 15.6 Å². The van der Waals surface area contributed by atoms with Crippen molar-refractivity contribution >= 4 is 17.6 Å². The fraction of sp³-hybridized carbons (Fsp3) is 0.333. The van der Waals surface area contributed by atoms with Gasteiger partial charge in [0.1, 0.15) is 5.75 Å². The molecule has 6 heteroatoms. The predicted octanol–water partition coefficient (Wildman–Crippen LogP) is 0.826. The number of rotatable bonds is 5. The predicted molar refractivity (Wildman–Crippen MR) is 66.5 cm³/mol. The van der Waals surface area contributed by atoms with Gasteiger partial charge in [0.2, 0.25) is 5.91 Å². The summed E-state index contributed by atoms with van der Waals surface area (Å²) in [5.74, 6) is -1.03. The Morgan fingerprint density at radius 3 is 2.67 bits per heavy atom. The highest BCUT2D eigenvalue weighted by Gasteiger charge is 2.21. The molecule has 1 rings (SSSR count). The number of carboxylic acids is 1. The average molecular weight is 252 g/mol. The van der Waals surface area contributed by atoms with Crippen molar-refractivity contribution in [3.63, 3.8) is 0 Å². The molecule has 98 valence electrons. The van der Waals surface area contributed by atoms with Crippen molar-refractivity contribution in [2.45, 2.75) is 19.4 Å². The van der Waals surface area contributed by atoms with E-state index < -0.39 is 18.1 Å². The second kappa shape index (κ2) is 5.50. The lowest BCUT2D eigenvalue weighted by Crippen LogP contribution is -2.45. The number of hydrogen-bond acceptors (Lipinski definition) is 4. The van der Waals surface area contributed by atoms with Crippen molar-refractivity contribution in [2.75, 3.05) is 11.9 Å². The molecule has 0 saturated carbocycles. The third-order valence-electron chi connectivity index (χ3n) is 2.04. The van der Waals surface area contributed by atoms with Gasteiger partial charge in [0, 0.05) is 11.8 Å². The molecule has 0 saturated heterocycles. The summed E-state index contributed by atoms with van der Waals surface area (Å²) in [6.07, 6.45) is 0. The van der Waals surface area contributed by atoms with Crippen molar-refractivity contribution in [3.05, 3.63) is 24.3 Å². The molecule has 6 nitrogen and oxygen atoms in total. The van der Waals surface area contributed by atoms with Gasteiger partial charge in [0.15, 0.2) is 6.61 Å². The van der Waals surface area contributed by atoms with Crippen LogP contribution in [-0.4, -0.2) is 29.1 Å². The maximum absolute atomic E-state index is 11.6. The molecule has 0 aliphatic rings. The third-order valence-corrected chi connectivity index (χ3v) is 2.04. The first-order chi connectivity index (χ1) is 8.29. The van der Waals surface area contributed by atoms with Crippen LogP contribution >= 0.6 is 0 Å². The fourth-order valence-corrected chi connectivity index (χ4v) is 1.10. The number of ether oxygens (including phenoxy) is 1. The molecule has 1 aromatic carbocycles. The van der Waals surface area contributed by atoms with Crippen LogP contribution in [0.5, 0.6) is 5.75 Å². The Labute approximate surface area is 105 Å². The number of anilines is 1. The highest BCUT2D eigenvalue weighted by atomic mass is 16.5. The summed E-state index contributed by atoms with van der Waals surface area (Å²) in [7, 11) is 0. The summed E-state index contributed by atoms with van der Waals surface area (Å²) in [6, 6.07) is 6.45. The van der Waals surface area contributed by atoms with E-state index in [1.54, 1.807) is 32.0 Å². The van der Waals surface area contributed by atoms with E-state index in [9.17, 15) is 9.59 Å². The summed E-state index contributed by atoms with van der Waals surface area (Å²) < 4.78 is 4.99. The number of nitrogens with one attached hydrogen (secondary N) is 1. The monoisotopic (exact) mass is 252 g/mol. The number of carbonyl (C=O) groups is 2. The number of amides is 1. The minimum absolute atomic E-state index is 0.335. The zero-order chi connectivity index (χ0) is 13.8. The quantitative estimate of drug-likeness (QED) is 0.720. The van der Waals surface area contributed by atoms with Gasteiger partial charge in [-0.3, -0.25) is 4.79 Å². The van der Waals surface area contributed by atoms with E-state index in [0.29, 0.717) is 11.4 Å². The van der Waals surface area contributed by atoms with Gasteiger partial charge in [-0.25, -0.2) is 4.79 Å². The normalized spacial score (nSPS) is 10.8. The van der Waals surface area contributed by atoms with Crippen LogP contribution in [0, 0.1) is 0 Å². The topological polar surface area (TPSA) is 102 Å². The molecule has 0 heterocycles. The van der Waals surface area contributed by atoms with Crippen LogP contribution in [0.1, 0.15) is 13.8 Å². The second-order valence-corrected chi connectivity index (χ2v) is 4.39. The molecule has 0 spiro atoms. The minimum atomic E-state index is -1.06. The highest BCUT2D eigenvalue weighted by molar-refractivity contribution is 5.97. The molecule has 0 bridgehead atoms. The van der Waals surface area contributed by atoms with E-state index in [1.165, 1.54) is 6.07 Å². The fourth-order valence-electron chi connectivity index (χ4n) is 1.10. The van der Waals surface area contributed by atoms with E-state index in [0.717, 1.165) is 0 Å². The first-order valence-corrected chi connectivity index (χ1v) is 5.34. The SMILES string of the molecule is CC(C)(N)C(=O)Nc1cccc(OCC(=O)O)c1. The Morgan fingerprint density at radius 2 is 2.11 bits per heavy atom. The van der Waals surface area contributed by atoms with Gasteiger partial charge in [-0.05, 0) is 26.0 Å². The largest absolute Gasteiger partial charge is 0.482 e. The Kier molecular flexibility index (Phi) is 4.28. The molecule has 4 N–H and O–H groups in total. The molecule has 0 atom stereocenters. The van der Waals surface area contributed by atoms with Crippen LogP contribution < -0.4 is 15.8 Å². The first-order valence-electron chi connectivity index (χ1n) is 5.34. The van der Waals surface area contributed by atoms with Gasteiger partial charge in [-0.15, -0.1) is 0 Å². The van der Waals surface area contributed by atoms with E-state index in [-0.39, 0.29) is 5.91 Å². The molecule has 1 aromatic rings. The van der Waals surface area contributed by atoms with E-state index in [1.807, 2.05) is 0 Å². The number of aliphatic carboxylic acids is 1. The lowest BCUT2D eigenvalue weighted by atomic mass is 10.1. The maximum Gasteiger partial charge on any atom is 0.341 e. The molecule has 0 aliphatic heterocycles. The molecule has 0 radical (unpaired) electrons. The number of carbonyl (C=O) groups excluding carboxylic acids is 1. The Morgan fingerprint density at radius 1 is 1.44 bits per heavy atom. The maximum atomic E-state index is 11.6. The van der Waals surface area contributed by atoms with Crippen LogP contribution in [-0.2, 0) is 9.59 Å². The van der Waals surface area contributed by atoms with Crippen LogP contribution in [0.15, 0.2) is 24.3 Å². The van der Waals surface area contributed by atoms with Gasteiger partial charge in [0.05, 0.1) is 5.54 Å². The third kappa shape index (κ3) is 4.42. The second-order valence-electron chi connectivity index (χ2n) is 4.39. The number of carboxylic acid groups (broad SMARTS) is 1. The molecule has 0 unspecified atom stereocenters. The summed E-state index contributed by atoms with van der Waals surface area (Å²) >= 11 is 0. The minimum Gasteiger partial charge on any atom is -0.482 e. The van der Waals surface area contributed by atoms with Crippen molar-refractivity contribution in [1.29, 1.82) is 0 Å². The van der Waals surface area contributed by atoms with Crippen LogP contribution in [0.25, 0.3) is 0 Å². The Hall–Kier alpha value is -2.08. The molecule has 1 amide bonds. The number of hydrogen-bond donors (Lipinski definition) is 3.